The van der Waals surface area contributed by atoms with Gasteiger partial charge in [0.1, 0.15) is 11.6 Å². The molecule has 1 aliphatic carbocycles. The summed E-state index contributed by atoms with van der Waals surface area (Å²) in [7, 11) is 1.66. The van der Waals surface area contributed by atoms with E-state index in [1.54, 1.807) is 26.2 Å². The van der Waals surface area contributed by atoms with Crippen molar-refractivity contribution in [2.45, 2.75) is 32.7 Å². The fourth-order valence-electron chi connectivity index (χ4n) is 4.34. The van der Waals surface area contributed by atoms with Crippen LogP contribution in [-0.2, 0) is 16.0 Å². The normalized spacial score (nSPS) is 20.3. The zero-order valence-corrected chi connectivity index (χ0v) is 17.4. The number of allylic oxidation sites excluding steroid dienone is 1. The molecule has 5 nitrogen and oxygen atoms in total. The van der Waals surface area contributed by atoms with Crippen molar-refractivity contribution in [3.63, 3.8) is 0 Å². The number of hydrogen-bond acceptors (Lipinski definition) is 5. The third kappa shape index (κ3) is 3.70. The number of benzene rings is 2. The minimum absolute atomic E-state index is 0.110. The zero-order valence-electron chi connectivity index (χ0n) is 17.4. The second-order valence-corrected chi connectivity index (χ2v) is 7.53. The first-order valence-electron chi connectivity index (χ1n) is 10.2. The van der Waals surface area contributed by atoms with Gasteiger partial charge >= 0.3 is 5.97 Å². The SMILES string of the molecule is CCOC(=O)/C=C(\C)N1N=C2c3ccc(OC)cc3CCC2C1c1ccc(F)cc1. The molecular formula is C24H25FN2O3. The number of hydrogen-bond donors (Lipinski definition) is 0. The highest BCUT2D eigenvalue weighted by atomic mass is 19.1. The number of carbonyl (C=O) groups excluding carboxylic acids is 1. The maximum atomic E-state index is 13.6. The number of esters is 1. The summed E-state index contributed by atoms with van der Waals surface area (Å²) in [6.07, 6.45) is 3.28. The predicted octanol–water partition coefficient (Wildman–Crippen LogP) is 4.62. The Morgan fingerprint density at radius 2 is 2.03 bits per heavy atom. The molecule has 0 saturated carbocycles. The van der Waals surface area contributed by atoms with Crippen LogP contribution < -0.4 is 4.74 Å². The third-order valence-electron chi connectivity index (χ3n) is 5.71. The summed E-state index contributed by atoms with van der Waals surface area (Å²) < 4.78 is 24.0. The molecule has 0 spiro atoms. The van der Waals surface area contributed by atoms with E-state index in [-0.39, 0.29) is 17.8 Å². The fraction of sp³-hybridized carbons (Fsp3) is 0.333. The van der Waals surface area contributed by atoms with Gasteiger partial charge < -0.3 is 9.47 Å². The summed E-state index contributed by atoms with van der Waals surface area (Å²) in [6.45, 7) is 3.94. The first kappa shape index (κ1) is 20.1. The Balaban J connectivity index is 1.77. The molecule has 0 aromatic heterocycles. The van der Waals surface area contributed by atoms with Crippen LogP contribution in [0.5, 0.6) is 5.75 Å². The van der Waals surface area contributed by atoms with Crippen molar-refractivity contribution in [2.24, 2.45) is 11.0 Å². The summed E-state index contributed by atoms with van der Waals surface area (Å²) >= 11 is 0. The molecule has 2 atom stereocenters. The molecule has 2 aromatic carbocycles. The van der Waals surface area contributed by atoms with Gasteiger partial charge in [-0.3, -0.25) is 5.01 Å². The van der Waals surface area contributed by atoms with Gasteiger partial charge in [0, 0.05) is 23.3 Å². The Morgan fingerprint density at radius 1 is 1.27 bits per heavy atom. The van der Waals surface area contributed by atoms with Gasteiger partial charge in [-0.05, 0) is 68.1 Å². The topological polar surface area (TPSA) is 51.1 Å². The number of nitrogens with zero attached hydrogens (tertiary/aromatic N) is 2. The largest absolute Gasteiger partial charge is 0.497 e. The average Bonchev–Trinajstić information content (AvgIpc) is 3.14. The van der Waals surface area contributed by atoms with E-state index < -0.39 is 5.97 Å². The van der Waals surface area contributed by atoms with E-state index in [2.05, 4.69) is 12.1 Å². The number of carbonyl (C=O) groups is 1. The lowest BCUT2D eigenvalue weighted by Gasteiger charge is -2.31. The summed E-state index contributed by atoms with van der Waals surface area (Å²) in [5, 5.41) is 6.82. The average molecular weight is 408 g/mol. The van der Waals surface area contributed by atoms with Crippen molar-refractivity contribution < 1.29 is 18.7 Å². The Labute approximate surface area is 175 Å². The van der Waals surface area contributed by atoms with Gasteiger partial charge in [-0.2, -0.15) is 5.10 Å². The number of fused-ring (bicyclic) bond motifs is 3. The molecule has 0 radical (unpaired) electrons. The maximum Gasteiger partial charge on any atom is 0.332 e. The van der Waals surface area contributed by atoms with E-state index in [4.69, 9.17) is 14.6 Å². The highest BCUT2D eigenvalue weighted by molar-refractivity contribution is 6.06. The Hall–Kier alpha value is -3.15. The van der Waals surface area contributed by atoms with Gasteiger partial charge in [-0.15, -0.1) is 0 Å². The van der Waals surface area contributed by atoms with Gasteiger partial charge in [0.15, 0.2) is 0 Å². The standard InChI is InChI=1S/C24H25FN2O3/c1-4-30-22(28)13-15(2)27-24(16-5-8-18(25)9-6-16)21-11-7-17-14-19(29-3)10-12-20(17)23(21)26-27/h5-6,8-10,12-14,21,24H,4,7,11H2,1-3H3/b15-13+. The lowest BCUT2D eigenvalue weighted by Crippen LogP contribution is -2.28. The molecule has 1 aliphatic heterocycles. The number of rotatable bonds is 5. The van der Waals surface area contributed by atoms with Crippen molar-refractivity contribution in [1.82, 2.24) is 5.01 Å². The molecule has 0 fully saturated rings. The molecule has 0 N–H and O–H groups in total. The quantitative estimate of drug-likeness (QED) is 0.535. The molecule has 6 heteroatoms. The van der Waals surface area contributed by atoms with Crippen LogP contribution in [0.1, 0.15) is 43.0 Å². The van der Waals surface area contributed by atoms with E-state index in [1.165, 1.54) is 23.8 Å². The molecule has 0 amide bonds. The van der Waals surface area contributed by atoms with Crippen molar-refractivity contribution in [1.29, 1.82) is 0 Å². The van der Waals surface area contributed by atoms with Crippen molar-refractivity contribution in [3.05, 3.63) is 76.7 Å². The van der Waals surface area contributed by atoms with Gasteiger partial charge in [0.05, 0.1) is 25.5 Å². The Kier molecular flexibility index (Phi) is 5.57. The van der Waals surface area contributed by atoms with Gasteiger partial charge in [0.2, 0.25) is 0 Å². The molecule has 4 rings (SSSR count). The van der Waals surface area contributed by atoms with Crippen molar-refractivity contribution >= 4 is 11.7 Å². The smallest absolute Gasteiger partial charge is 0.332 e. The third-order valence-corrected chi connectivity index (χ3v) is 5.71. The molecule has 0 bridgehead atoms. The molecule has 2 aliphatic rings. The number of methoxy groups -OCH3 is 1. The summed E-state index contributed by atoms with van der Waals surface area (Å²) in [5.41, 5.74) is 4.96. The number of hydrazone groups is 1. The first-order valence-corrected chi connectivity index (χ1v) is 10.2. The van der Waals surface area contributed by atoms with E-state index in [0.29, 0.717) is 12.3 Å². The maximum absolute atomic E-state index is 13.6. The summed E-state index contributed by atoms with van der Waals surface area (Å²) in [6, 6.07) is 12.5. The molecule has 2 aromatic rings. The van der Waals surface area contributed by atoms with Crippen LogP contribution in [0.4, 0.5) is 4.39 Å². The minimum atomic E-state index is -0.395. The molecule has 30 heavy (non-hydrogen) atoms. The molecular weight excluding hydrogens is 383 g/mol. The van der Waals surface area contributed by atoms with Crippen LogP contribution >= 0.6 is 0 Å². The number of halogens is 1. The second-order valence-electron chi connectivity index (χ2n) is 7.53. The minimum Gasteiger partial charge on any atom is -0.497 e. The highest BCUT2D eigenvalue weighted by Gasteiger charge is 2.42. The zero-order chi connectivity index (χ0) is 21.3. The van der Waals surface area contributed by atoms with E-state index >= 15 is 0 Å². The van der Waals surface area contributed by atoms with Crippen LogP contribution in [0.3, 0.4) is 0 Å². The van der Waals surface area contributed by atoms with Crippen LogP contribution in [0.2, 0.25) is 0 Å². The van der Waals surface area contributed by atoms with Gasteiger partial charge in [-0.25, -0.2) is 9.18 Å². The van der Waals surface area contributed by atoms with Crippen LogP contribution in [0.15, 0.2) is 59.3 Å². The van der Waals surface area contributed by atoms with Gasteiger partial charge in [-0.1, -0.05) is 12.1 Å². The van der Waals surface area contributed by atoms with E-state index in [0.717, 1.165) is 35.4 Å². The van der Waals surface area contributed by atoms with E-state index in [1.807, 2.05) is 18.0 Å². The Bertz CT molecular complexity index is 1010. The van der Waals surface area contributed by atoms with Crippen LogP contribution in [-0.4, -0.2) is 30.4 Å². The lowest BCUT2D eigenvalue weighted by molar-refractivity contribution is -0.137. The predicted molar refractivity (Wildman–Crippen MR) is 113 cm³/mol. The lowest BCUT2D eigenvalue weighted by atomic mass is 9.77. The number of aryl methyl sites for hydroxylation is 1. The first-order chi connectivity index (χ1) is 14.5. The monoisotopic (exact) mass is 408 g/mol. The number of ether oxygens (including phenoxy) is 2. The van der Waals surface area contributed by atoms with Crippen LogP contribution in [0.25, 0.3) is 0 Å². The van der Waals surface area contributed by atoms with Gasteiger partial charge in [0.25, 0.3) is 0 Å². The van der Waals surface area contributed by atoms with Crippen molar-refractivity contribution in [3.8, 4) is 5.75 Å². The van der Waals surface area contributed by atoms with Crippen molar-refractivity contribution in [2.75, 3.05) is 13.7 Å². The Morgan fingerprint density at radius 3 is 2.73 bits per heavy atom. The summed E-state index contributed by atoms with van der Waals surface area (Å²) in [4.78, 5) is 12.0. The highest BCUT2D eigenvalue weighted by Crippen LogP contribution is 2.45. The molecule has 0 saturated heterocycles. The van der Waals surface area contributed by atoms with E-state index in [9.17, 15) is 9.18 Å². The molecule has 1 heterocycles. The molecule has 2 unspecified atom stereocenters. The second kappa shape index (κ2) is 8.30. The summed E-state index contributed by atoms with van der Waals surface area (Å²) in [5.74, 6) is 0.301. The van der Waals surface area contributed by atoms with Crippen LogP contribution in [0, 0.1) is 11.7 Å². The molecule has 156 valence electrons. The fourth-order valence-corrected chi connectivity index (χ4v) is 4.34.